The van der Waals surface area contributed by atoms with Crippen LogP contribution in [0.5, 0.6) is 0 Å². The molecule has 0 saturated heterocycles. The number of fused-ring (bicyclic) bond motifs is 1. The van der Waals surface area contributed by atoms with Gasteiger partial charge >= 0.3 is 0 Å². The second-order valence-corrected chi connectivity index (χ2v) is 4.86. The van der Waals surface area contributed by atoms with E-state index in [9.17, 15) is 4.79 Å². The molecule has 0 saturated carbocycles. The number of nitrogens with zero attached hydrogens (tertiary/aromatic N) is 2. The van der Waals surface area contributed by atoms with Gasteiger partial charge in [-0.25, -0.2) is 4.98 Å². The number of aryl methyl sites for hydroxylation is 1. The number of hydrogen-bond acceptors (Lipinski definition) is 3. The predicted octanol–water partition coefficient (Wildman–Crippen LogP) is 3.03. The van der Waals surface area contributed by atoms with Gasteiger partial charge in [-0.3, -0.25) is 4.79 Å². The van der Waals surface area contributed by atoms with Crippen molar-refractivity contribution in [2.24, 2.45) is 0 Å². The summed E-state index contributed by atoms with van der Waals surface area (Å²) in [5, 5.41) is 5.54. The molecule has 21 heavy (non-hydrogen) atoms. The fourth-order valence-electron chi connectivity index (χ4n) is 2.44. The average Bonchev–Trinajstić information content (AvgIpc) is 2.54. The van der Waals surface area contributed by atoms with Gasteiger partial charge in [0, 0.05) is 25.5 Å². The largest absolute Gasteiger partial charge is 0.361 e. The molecule has 0 spiro atoms. The van der Waals surface area contributed by atoms with Gasteiger partial charge in [0.05, 0.1) is 0 Å². The highest BCUT2D eigenvalue weighted by molar-refractivity contribution is 5.85. The molecule has 3 rings (SSSR count). The molecular formula is C17H17N3O. The minimum Gasteiger partial charge on any atom is -0.361 e. The minimum atomic E-state index is -0.0831. The first-order chi connectivity index (χ1) is 10.3. The standard InChI is InChI=1S/C17H17N3O/c1-2-20-11-10-18-16(17(20)21)19-12-14-8-5-7-13-6-3-4-9-15(13)14/h3-11H,2,12H2,1H3,(H,18,19). The van der Waals surface area contributed by atoms with Gasteiger partial charge < -0.3 is 9.88 Å². The fraction of sp³-hybridized carbons (Fsp3) is 0.176. The van der Waals surface area contributed by atoms with Crippen molar-refractivity contribution in [2.75, 3.05) is 5.32 Å². The van der Waals surface area contributed by atoms with E-state index >= 15 is 0 Å². The summed E-state index contributed by atoms with van der Waals surface area (Å²) < 4.78 is 1.64. The molecule has 0 aliphatic rings. The Morgan fingerprint density at radius 3 is 2.81 bits per heavy atom. The third kappa shape index (κ3) is 2.65. The molecule has 3 aromatic rings. The lowest BCUT2D eigenvalue weighted by Gasteiger charge is -2.09. The number of benzene rings is 2. The van der Waals surface area contributed by atoms with E-state index in [1.807, 2.05) is 25.1 Å². The van der Waals surface area contributed by atoms with E-state index in [-0.39, 0.29) is 5.56 Å². The first-order valence-corrected chi connectivity index (χ1v) is 7.05. The maximum Gasteiger partial charge on any atom is 0.293 e. The summed E-state index contributed by atoms with van der Waals surface area (Å²) in [6.07, 6.45) is 3.35. The van der Waals surface area contributed by atoms with Gasteiger partial charge in [-0.1, -0.05) is 42.5 Å². The first kappa shape index (κ1) is 13.4. The maximum absolute atomic E-state index is 12.1. The van der Waals surface area contributed by atoms with Crippen molar-refractivity contribution in [3.8, 4) is 0 Å². The molecule has 0 aliphatic heterocycles. The van der Waals surface area contributed by atoms with E-state index < -0.39 is 0 Å². The number of anilines is 1. The second-order valence-electron chi connectivity index (χ2n) is 4.86. The van der Waals surface area contributed by atoms with E-state index in [0.717, 1.165) is 5.56 Å². The molecule has 0 fully saturated rings. The van der Waals surface area contributed by atoms with Crippen LogP contribution in [0.1, 0.15) is 12.5 Å². The minimum absolute atomic E-state index is 0.0831. The summed E-state index contributed by atoms with van der Waals surface area (Å²) in [5.74, 6) is 0.396. The molecule has 0 unspecified atom stereocenters. The van der Waals surface area contributed by atoms with Gasteiger partial charge in [0.1, 0.15) is 0 Å². The van der Waals surface area contributed by atoms with Gasteiger partial charge in [0.2, 0.25) is 0 Å². The molecule has 0 bridgehead atoms. The summed E-state index contributed by atoms with van der Waals surface area (Å²) in [5.41, 5.74) is 1.07. The molecular weight excluding hydrogens is 262 g/mol. The van der Waals surface area contributed by atoms with Crippen molar-refractivity contribution in [1.82, 2.24) is 9.55 Å². The zero-order chi connectivity index (χ0) is 14.7. The van der Waals surface area contributed by atoms with Crippen LogP contribution in [0.2, 0.25) is 0 Å². The molecule has 0 radical (unpaired) electrons. The molecule has 0 atom stereocenters. The Hall–Kier alpha value is -2.62. The topological polar surface area (TPSA) is 46.9 Å². The summed E-state index contributed by atoms with van der Waals surface area (Å²) in [7, 11) is 0. The molecule has 2 aromatic carbocycles. The van der Waals surface area contributed by atoms with Crippen molar-refractivity contribution in [3.05, 3.63) is 70.8 Å². The van der Waals surface area contributed by atoms with Crippen molar-refractivity contribution in [2.45, 2.75) is 20.0 Å². The summed E-state index contributed by atoms with van der Waals surface area (Å²) in [4.78, 5) is 16.3. The van der Waals surface area contributed by atoms with Crippen LogP contribution in [-0.4, -0.2) is 9.55 Å². The fourth-order valence-corrected chi connectivity index (χ4v) is 2.44. The van der Waals surface area contributed by atoms with Crippen LogP contribution in [0, 0.1) is 0 Å². The van der Waals surface area contributed by atoms with Gasteiger partial charge in [-0.2, -0.15) is 0 Å². The summed E-state index contributed by atoms with van der Waals surface area (Å²) in [6.45, 7) is 3.16. The van der Waals surface area contributed by atoms with Crippen LogP contribution in [0.25, 0.3) is 10.8 Å². The van der Waals surface area contributed by atoms with Crippen LogP contribution >= 0.6 is 0 Å². The van der Waals surface area contributed by atoms with Crippen LogP contribution in [0.3, 0.4) is 0 Å². The predicted molar refractivity (Wildman–Crippen MR) is 85.4 cm³/mol. The molecule has 4 heteroatoms. The maximum atomic E-state index is 12.1. The van der Waals surface area contributed by atoms with Crippen molar-refractivity contribution >= 4 is 16.6 Å². The van der Waals surface area contributed by atoms with Crippen LogP contribution < -0.4 is 10.9 Å². The van der Waals surface area contributed by atoms with Gasteiger partial charge in [-0.15, -0.1) is 0 Å². The van der Waals surface area contributed by atoms with E-state index in [4.69, 9.17) is 0 Å². The molecule has 0 amide bonds. The molecule has 4 nitrogen and oxygen atoms in total. The van der Waals surface area contributed by atoms with E-state index in [0.29, 0.717) is 18.9 Å². The number of nitrogens with one attached hydrogen (secondary N) is 1. The van der Waals surface area contributed by atoms with E-state index in [1.54, 1.807) is 17.0 Å². The third-order valence-corrected chi connectivity index (χ3v) is 3.58. The lowest BCUT2D eigenvalue weighted by atomic mass is 10.0. The highest BCUT2D eigenvalue weighted by atomic mass is 16.1. The Balaban J connectivity index is 1.89. The Morgan fingerprint density at radius 2 is 1.95 bits per heavy atom. The average molecular weight is 279 g/mol. The number of aromatic nitrogens is 2. The van der Waals surface area contributed by atoms with Crippen LogP contribution in [-0.2, 0) is 13.1 Å². The van der Waals surface area contributed by atoms with Gasteiger partial charge in [0.25, 0.3) is 5.56 Å². The van der Waals surface area contributed by atoms with Gasteiger partial charge in [0.15, 0.2) is 5.82 Å². The van der Waals surface area contributed by atoms with Crippen molar-refractivity contribution < 1.29 is 0 Å². The van der Waals surface area contributed by atoms with Crippen molar-refractivity contribution in [1.29, 1.82) is 0 Å². The molecule has 1 aromatic heterocycles. The third-order valence-electron chi connectivity index (χ3n) is 3.58. The highest BCUT2D eigenvalue weighted by Gasteiger charge is 2.05. The molecule has 106 valence electrons. The normalized spacial score (nSPS) is 10.7. The quantitative estimate of drug-likeness (QED) is 0.798. The SMILES string of the molecule is CCn1ccnc(NCc2cccc3ccccc23)c1=O. The van der Waals surface area contributed by atoms with Crippen LogP contribution in [0.4, 0.5) is 5.82 Å². The zero-order valence-corrected chi connectivity index (χ0v) is 11.9. The van der Waals surface area contributed by atoms with E-state index in [1.165, 1.54) is 10.8 Å². The lowest BCUT2D eigenvalue weighted by molar-refractivity contribution is 0.718. The lowest BCUT2D eigenvalue weighted by Crippen LogP contribution is -2.23. The number of hydrogen-bond donors (Lipinski definition) is 1. The van der Waals surface area contributed by atoms with E-state index in [2.05, 4.69) is 34.6 Å². The van der Waals surface area contributed by atoms with Crippen molar-refractivity contribution in [3.63, 3.8) is 0 Å². The molecule has 1 heterocycles. The highest BCUT2D eigenvalue weighted by Crippen LogP contribution is 2.18. The monoisotopic (exact) mass is 279 g/mol. The number of rotatable bonds is 4. The van der Waals surface area contributed by atoms with Gasteiger partial charge in [-0.05, 0) is 23.3 Å². The molecule has 0 aliphatic carbocycles. The summed E-state index contributed by atoms with van der Waals surface area (Å²) >= 11 is 0. The smallest absolute Gasteiger partial charge is 0.293 e. The Kier molecular flexibility index (Phi) is 3.69. The second kappa shape index (κ2) is 5.79. The summed E-state index contributed by atoms with van der Waals surface area (Å²) in [6, 6.07) is 14.4. The van der Waals surface area contributed by atoms with Crippen LogP contribution in [0.15, 0.2) is 59.7 Å². The Bertz CT molecular complexity index is 818. The Morgan fingerprint density at radius 1 is 1.14 bits per heavy atom. The Labute approximate surface area is 123 Å². The zero-order valence-electron chi connectivity index (χ0n) is 11.9. The molecule has 1 N–H and O–H groups in total. The first-order valence-electron chi connectivity index (χ1n) is 7.05.